The Kier molecular flexibility index (Phi) is 8.32. The van der Waals surface area contributed by atoms with E-state index >= 15 is 0 Å². The lowest BCUT2D eigenvalue weighted by Gasteiger charge is -2.31. The van der Waals surface area contributed by atoms with Gasteiger partial charge in [0.2, 0.25) is 5.88 Å². The molecule has 2 aliphatic rings. The fraction of sp³-hybridized carbons (Fsp3) is 0.379. The van der Waals surface area contributed by atoms with Crippen LogP contribution in [0.5, 0.6) is 11.6 Å². The summed E-state index contributed by atoms with van der Waals surface area (Å²) < 4.78 is 16.2. The van der Waals surface area contributed by atoms with Gasteiger partial charge in [-0.05, 0) is 37.2 Å². The first-order chi connectivity index (χ1) is 19.7. The number of piperazine rings is 1. The van der Waals surface area contributed by atoms with E-state index in [1.807, 2.05) is 7.05 Å². The van der Waals surface area contributed by atoms with Crippen molar-refractivity contribution in [1.29, 1.82) is 0 Å². The lowest BCUT2D eigenvalue weighted by molar-refractivity contribution is -0.114. The van der Waals surface area contributed by atoms with E-state index in [1.165, 1.54) is 20.3 Å². The van der Waals surface area contributed by atoms with E-state index in [9.17, 15) is 14.4 Å². The maximum Gasteiger partial charge on any atom is 0.415 e. The molecule has 0 unspecified atom stereocenters. The van der Waals surface area contributed by atoms with E-state index in [0.717, 1.165) is 24.2 Å². The molecule has 2 amide bonds. The number of carbonyl (C=O) groups excluding carboxylic acids is 3. The van der Waals surface area contributed by atoms with Crippen molar-refractivity contribution in [2.45, 2.75) is 12.8 Å². The zero-order valence-electron chi connectivity index (χ0n) is 23.4. The molecule has 4 heterocycles. The first kappa shape index (κ1) is 28.6. The number of amides is 2. The number of hydrogen-bond acceptors (Lipinski definition) is 8. The number of benzene rings is 1. The Morgan fingerprint density at radius 2 is 1.93 bits per heavy atom. The van der Waals surface area contributed by atoms with Crippen molar-refractivity contribution in [3.63, 3.8) is 0 Å². The van der Waals surface area contributed by atoms with Crippen LogP contribution in [0, 0.1) is 6.92 Å². The highest BCUT2D eigenvalue weighted by atomic mass is 79.9. The molecule has 0 aliphatic carbocycles. The minimum atomic E-state index is -0.511. The third kappa shape index (κ3) is 5.53. The fourth-order valence-corrected chi connectivity index (χ4v) is 5.84. The third-order valence-electron chi connectivity index (χ3n) is 7.54. The van der Waals surface area contributed by atoms with Gasteiger partial charge in [0, 0.05) is 79.5 Å². The Hall–Kier alpha value is -3.90. The van der Waals surface area contributed by atoms with Gasteiger partial charge >= 0.3 is 12.1 Å². The number of aromatic nitrogens is 2. The number of pyridine rings is 1. The summed E-state index contributed by atoms with van der Waals surface area (Å²) in [5.74, 6) is -0.157. The number of fused-ring (bicyclic) bond motifs is 3. The van der Waals surface area contributed by atoms with Crippen LogP contribution in [-0.2, 0) is 9.53 Å². The van der Waals surface area contributed by atoms with Crippen LogP contribution in [0.25, 0.3) is 17.0 Å². The van der Waals surface area contributed by atoms with Crippen molar-refractivity contribution in [3.8, 4) is 11.6 Å². The van der Waals surface area contributed by atoms with Crippen LogP contribution in [0.4, 0.5) is 10.5 Å². The molecule has 0 saturated carbocycles. The maximum atomic E-state index is 13.6. The van der Waals surface area contributed by atoms with Crippen molar-refractivity contribution in [1.82, 2.24) is 19.8 Å². The second-order valence-electron chi connectivity index (χ2n) is 10.1. The van der Waals surface area contributed by atoms with E-state index in [0.29, 0.717) is 58.7 Å². The molecule has 11 nitrogen and oxygen atoms in total. The molecule has 1 atom stereocenters. The molecule has 2 aliphatic heterocycles. The number of carbonyl (C=O) groups is 3. The summed E-state index contributed by atoms with van der Waals surface area (Å²) in [5.41, 5.74) is 3.59. The predicted octanol–water partition coefficient (Wildman–Crippen LogP) is 3.95. The number of rotatable bonds is 6. The van der Waals surface area contributed by atoms with Crippen LogP contribution >= 0.6 is 15.9 Å². The molecule has 0 spiro atoms. The molecule has 1 saturated heterocycles. The van der Waals surface area contributed by atoms with Gasteiger partial charge in [0.25, 0.3) is 5.91 Å². The normalized spacial score (nSPS) is 17.2. The predicted molar refractivity (Wildman–Crippen MR) is 158 cm³/mol. The van der Waals surface area contributed by atoms with Gasteiger partial charge in [0.15, 0.2) is 5.75 Å². The van der Waals surface area contributed by atoms with E-state index in [2.05, 4.69) is 30.8 Å². The minimum absolute atomic E-state index is 0.117. The highest BCUT2D eigenvalue weighted by molar-refractivity contribution is 9.09. The summed E-state index contributed by atoms with van der Waals surface area (Å²) in [6.07, 6.45) is 4.30. The highest BCUT2D eigenvalue weighted by Gasteiger charge is 2.37. The number of H-pyrrole nitrogens is 1. The lowest BCUT2D eigenvalue weighted by atomic mass is 9.95. The van der Waals surface area contributed by atoms with Gasteiger partial charge in [-0.15, -0.1) is 0 Å². The zero-order valence-corrected chi connectivity index (χ0v) is 25.0. The number of ether oxygens (including phenoxy) is 3. The first-order valence-corrected chi connectivity index (χ1v) is 14.4. The summed E-state index contributed by atoms with van der Waals surface area (Å²) in [4.78, 5) is 52.6. The zero-order chi connectivity index (χ0) is 29.3. The number of likely N-dealkylation sites (N-methyl/N-ethyl adjacent to an activating group) is 1. The van der Waals surface area contributed by atoms with Gasteiger partial charge in [-0.25, -0.2) is 14.6 Å². The van der Waals surface area contributed by atoms with E-state index in [-0.39, 0.29) is 17.6 Å². The molecule has 2 aromatic heterocycles. The number of methoxy groups -OCH3 is 2. The average molecular weight is 627 g/mol. The molecule has 1 aromatic carbocycles. The summed E-state index contributed by atoms with van der Waals surface area (Å²) in [6, 6.07) is 5.24. The number of nitrogens with zero attached hydrogens (tertiary/aromatic N) is 4. The third-order valence-corrected chi connectivity index (χ3v) is 8.32. The van der Waals surface area contributed by atoms with Gasteiger partial charge in [-0.1, -0.05) is 15.9 Å². The second kappa shape index (κ2) is 11.9. The second-order valence-corrected chi connectivity index (χ2v) is 10.7. The maximum absolute atomic E-state index is 13.6. The number of alkyl halides is 1. The number of halogens is 1. The number of hydrogen-bond donors (Lipinski definition) is 1. The number of anilines is 1. The standard InChI is InChI=1S/C29H32BrN5O6/c1-17-24(28(37)40-4)26-25-19(14-30)16-35(23(36)8-6-18-5-7-22(39-3)31-15-18)20(25)13-21(27(26)32-17)41-29(38)34-11-9-33(2)10-12-34/h5-8,13,15,19,32H,9-12,14,16H2,1-4H3/b8-6+/t19-/m1/s1. The van der Waals surface area contributed by atoms with Crippen molar-refractivity contribution in [2.75, 3.05) is 64.2 Å². The number of nitrogens with one attached hydrogen (secondary N) is 1. The molecular formula is C29H32BrN5O6. The van der Waals surface area contributed by atoms with Crippen molar-refractivity contribution < 1.29 is 28.6 Å². The fourth-order valence-electron chi connectivity index (χ4n) is 5.32. The molecular weight excluding hydrogens is 594 g/mol. The van der Waals surface area contributed by atoms with Crippen LogP contribution in [0.2, 0.25) is 0 Å². The monoisotopic (exact) mass is 625 g/mol. The van der Waals surface area contributed by atoms with Gasteiger partial charge < -0.3 is 33.9 Å². The number of aromatic amines is 1. The molecule has 0 radical (unpaired) electrons. The molecule has 1 fully saturated rings. The van der Waals surface area contributed by atoms with Gasteiger partial charge in [0.05, 0.1) is 31.0 Å². The van der Waals surface area contributed by atoms with Crippen LogP contribution in [-0.4, -0.2) is 97.1 Å². The number of esters is 1. The topological polar surface area (TPSA) is 117 Å². The van der Waals surface area contributed by atoms with Crippen LogP contribution < -0.4 is 14.4 Å². The van der Waals surface area contributed by atoms with Gasteiger partial charge in [-0.3, -0.25) is 4.79 Å². The highest BCUT2D eigenvalue weighted by Crippen LogP contribution is 2.47. The first-order valence-electron chi connectivity index (χ1n) is 13.2. The van der Waals surface area contributed by atoms with E-state index < -0.39 is 12.1 Å². The summed E-state index contributed by atoms with van der Waals surface area (Å²) in [6.45, 7) is 4.73. The van der Waals surface area contributed by atoms with Gasteiger partial charge in [0.1, 0.15) is 0 Å². The smallest absolute Gasteiger partial charge is 0.415 e. The molecule has 3 aromatic rings. The summed E-state index contributed by atoms with van der Waals surface area (Å²) in [7, 11) is 4.88. The van der Waals surface area contributed by atoms with E-state index in [1.54, 1.807) is 47.2 Å². The Morgan fingerprint density at radius 1 is 1.17 bits per heavy atom. The molecule has 5 rings (SSSR count). The van der Waals surface area contributed by atoms with Crippen LogP contribution in [0.1, 0.15) is 33.1 Å². The molecule has 12 heteroatoms. The van der Waals surface area contributed by atoms with Crippen LogP contribution in [0.15, 0.2) is 30.5 Å². The SMILES string of the molecule is COC(=O)c1c(C)[nH]c2c(OC(=O)N3CCN(C)CC3)cc3c(c12)[C@H](CBr)CN3C(=O)/C=C/c1ccc(OC)nc1. The van der Waals surface area contributed by atoms with Crippen LogP contribution in [0.3, 0.4) is 0 Å². The minimum Gasteiger partial charge on any atom is -0.481 e. The van der Waals surface area contributed by atoms with Gasteiger partial charge in [-0.2, -0.15) is 0 Å². The summed E-state index contributed by atoms with van der Waals surface area (Å²) >= 11 is 3.60. The largest absolute Gasteiger partial charge is 0.481 e. The average Bonchev–Trinajstić information content (AvgIpc) is 3.53. The lowest BCUT2D eigenvalue weighted by Crippen LogP contribution is -2.48. The van der Waals surface area contributed by atoms with Crippen molar-refractivity contribution in [3.05, 3.63) is 52.9 Å². The molecule has 1 N–H and O–H groups in total. The van der Waals surface area contributed by atoms with Crippen molar-refractivity contribution in [2.24, 2.45) is 0 Å². The molecule has 0 bridgehead atoms. The Morgan fingerprint density at radius 3 is 2.56 bits per heavy atom. The quantitative estimate of drug-likeness (QED) is 0.249. The summed E-state index contributed by atoms with van der Waals surface area (Å²) in [5, 5.41) is 1.15. The van der Waals surface area contributed by atoms with E-state index in [4.69, 9.17) is 14.2 Å². The Labute approximate surface area is 246 Å². The van der Waals surface area contributed by atoms with Crippen molar-refractivity contribution >= 4 is 56.6 Å². The number of aryl methyl sites for hydroxylation is 1. The Balaban J connectivity index is 1.57. The molecule has 216 valence electrons. The molecule has 41 heavy (non-hydrogen) atoms. The Bertz CT molecular complexity index is 1510.